The standard InChI is InChI=1S/C7H13NO/c1-6(2)4-8-7(3)5-9/h5-6,8H,3-4H2,1-2H3. The van der Waals surface area contributed by atoms with Crippen LogP contribution in [0.5, 0.6) is 0 Å². The van der Waals surface area contributed by atoms with Crippen LogP contribution in [0.15, 0.2) is 12.3 Å². The van der Waals surface area contributed by atoms with Crippen molar-refractivity contribution in [3.8, 4) is 0 Å². The largest absolute Gasteiger partial charge is 0.383 e. The Kier molecular flexibility index (Phi) is 3.76. The highest BCUT2D eigenvalue weighted by Gasteiger charge is 1.92. The smallest absolute Gasteiger partial charge is 0.165 e. The van der Waals surface area contributed by atoms with Crippen LogP contribution in [0.25, 0.3) is 0 Å². The first-order valence-corrected chi connectivity index (χ1v) is 3.04. The third kappa shape index (κ3) is 5.07. The molecule has 0 aromatic carbocycles. The topological polar surface area (TPSA) is 29.1 Å². The summed E-state index contributed by atoms with van der Waals surface area (Å²) in [5.41, 5.74) is 0.462. The zero-order valence-corrected chi connectivity index (χ0v) is 5.98. The summed E-state index contributed by atoms with van der Waals surface area (Å²) >= 11 is 0. The van der Waals surface area contributed by atoms with E-state index >= 15 is 0 Å². The van der Waals surface area contributed by atoms with Gasteiger partial charge in [-0.25, -0.2) is 0 Å². The third-order valence-electron chi connectivity index (χ3n) is 0.880. The minimum absolute atomic E-state index is 0.462. The lowest BCUT2D eigenvalue weighted by Crippen LogP contribution is -2.18. The van der Waals surface area contributed by atoms with E-state index in [9.17, 15) is 4.79 Å². The van der Waals surface area contributed by atoms with Crippen LogP contribution in [0.3, 0.4) is 0 Å². The molecule has 0 aromatic heterocycles. The summed E-state index contributed by atoms with van der Waals surface area (Å²) < 4.78 is 0. The molecule has 0 fully saturated rings. The third-order valence-corrected chi connectivity index (χ3v) is 0.880. The Morgan fingerprint density at radius 2 is 2.33 bits per heavy atom. The molecule has 0 radical (unpaired) electrons. The molecule has 0 rings (SSSR count). The maximum Gasteiger partial charge on any atom is 0.165 e. The van der Waals surface area contributed by atoms with Gasteiger partial charge in [-0.05, 0) is 5.92 Å². The Balaban J connectivity index is 3.27. The van der Waals surface area contributed by atoms with Gasteiger partial charge in [0.1, 0.15) is 0 Å². The summed E-state index contributed by atoms with van der Waals surface area (Å²) in [5.74, 6) is 0.557. The second kappa shape index (κ2) is 4.13. The maximum absolute atomic E-state index is 9.96. The first kappa shape index (κ1) is 8.21. The second-order valence-electron chi connectivity index (χ2n) is 2.42. The van der Waals surface area contributed by atoms with Gasteiger partial charge in [0, 0.05) is 6.54 Å². The fourth-order valence-corrected chi connectivity index (χ4v) is 0.377. The van der Waals surface area contributed by atoms with Crippen molar-refractivity contribution in [1.82, 2.24) is 5.32 Å². The van der Waals surface area contributed by atoms with E-state index in [2.05, 4.69) is 25.7 Å². The molecule has 0 spiro atoms. The van der Waals surface area contributed by atoms with Gasteiger partial charge in [0.25, 0.3) is 0 Å². The molecule has 0 aliphatic rings. The van der Waals surface area contributed by atoms with Gasteiger partial charge in [-0.2, -0.15) is 0 Å². The number of hydrogen-bond acceptors (Lipinski definition) is 2. The van der Waals surface area contributed by atoms with Crippen LogP contribution in [-0.2, 0) is 4.79 Å². The van der Waals surface area contributed by atoms with Crippen molar-refractivity contribution >= 4 is 6.29 Å². The highest BCUT2D eigenvalue weighted by Crippen LogP contribution is 1.88. The highest BCUT2D eigenvalue weighted by atomic mass is 16.1. The molecular formula is C7H13NO. The zero-order chi connectivity index (χ0) is 7.28. The molecule has 0 aromatic rings. The summed E-state index contributed by atoms with van der Waals surface area (Å²) in [6, 6.07) is 0. The van der Waals surface area contributed by atoms with Crippen molar-refractivity contribution in [2.75, 3.05) is 6.54 Å². The summed E-state index contributed by atoms with van der Waals surface area (Å²) in [6.07, 6.45) is 0.725. The second-order valence-corrected chi connectivity index (χ2v) is 2.42. The van der Waals surface area contributed by atoms with Crippen LogP contribution in [-0.4, -0.2) is 12.8 Å². The number of carbonyl (C=O) groups is 1. The van der Waals surface area contributed by atoms with Crippen LogP contribution in [0, 0.1) is 5.92 Å². The lowest BCUT2D eigenvalue weighted by molar-refractivity contribution is -0.105. The van der Waals surface area contributed by atoms with Gasteiger partial charge in [0.15, 0.2) is 6.29 Å². The number of hydrogen-bond donors (Lipinski definition) is 1. The van der Waals surface area contributed by atoms with Crippen molar-refractivity contribution in [1.29, 1.82) is 0 Å². The van der Waals surface area contributed by atoms with E-state index in [0.717, 1.165) is 12.8 Å². The van der Waals surface area contributed by atoms with Crippen LogP contribution >= 0.6 is 0 Å². The predicted octanol–water partition coefficient (Wildman–Crippen LogP) is 0.945. The number of nitrogens with one attached hydrogen (secondary N) is 1. The van der Waals surface area contributed by atoms with E-state index in [1.807, 2.05) is 0 Å². The van der Waals surface area contributed by atoms with Crippen molar-refractivity contribution in [2.24, 2.45) is 5.92 Å². The van der Waals surface area contributed by atoms with E-state index in [1.54, 1.807) is 0 Å². The molecule has 0 aliphatic heterocycles. The van der Waals surface area contributed by atoms with E-state index < -0.39 is 0 Å². The number of allylic oxidation sites excluding steroid dienone is 1. The fourth-order valence-electron chi connectivity index (χ4n) is 0.377. The molecule has 0 aliphatic carbocycles. The van der Waals surface area contributed by atoms with Crippen molar-refractivity contribution in [3.05, 3.63) is 12.3 Å². The van der Waals surface area contributed by atoms with Gasteiger partial charge in [-0.15, -0.1) is 0 Å². The van der Waals surface area contributed by atoms with E-state index in [1.165, 1.54) is 0 Å². The molecule has 0 saturated heterocycles. The van der Waals surface area contributed by atoms with Gasteiger partial charge in [-0.3, -0.25) is 4.79 Å². The lowest BCUT2D eigenvalue weighted by Gasteiger charge is -2.05. The highest BCUT2D eigenvalue weighted by molar-refractivity contribution is 5.70. The lowest BCUT2D eigenvalue weighted by atomic mass is 10.2. The minimum Gasteiger partial charge on any atom is -0.383 e. The summed E-state index contributed by atoms with van der Waals surface area (Å²) in [7, 11) is 0. The maximum atomic E-state index is 9.96. The molecule has 0 atom stereocenters. The molecule has 2 heteroatoms. The van der Waals surface area contributed by atoms with Gasteiger partial charge >= 0.3 is 0 Å². The van der Waals surface area contributed by atoms with Crippen molar-refractivity contribution < 1.29 is 4.79 Å². The van der Waals surface area contributed by atoms with Crippen LogP contribution in [0.1, 0.15) is 13.8 Å². The fraction of sp³-hybridized carbons (Fsp3) is 0.571. The predicted molar refractivity (Wildman–Crippen MR) is 38.0 cm³/mol. The Hall–Kier alpha value is -0.790. The van der Waals surface area contributed by atoms with E-state index in [-0.39, 0.29) is 0 Å². The summed E-state index contributed by atoms with van der Waals surface area (Å²) in [4.78, 5) is 9.96. The molecule has 0 amide bonds. The normalized spacial score (nSPS) is 9.22. The Labute approximate surface area is 56.0 Å². The molecule has 2 nitrogen and oxygen atoms in total. The monoisotopic (exact) mass is 127 g/mol. The Morgan fingerprint density at radius 3 is 2.67 bits per heavy atom. The van der Waals surface area contributed by atoms with Crippen LogP contribution in [0.4, 0.5) is 0 Å². The van der Waals surface area contributed by atoms with Crippen molar-refractivity contribution in [3.63, 3.8) is 0 Å². The minimum atomic E-state index is 0.462. The van der Waals surface area contributed by atoms with Gasteiger partial charge in [0.2, 0.25) is 0 Å². The number of aldehydes is 1. The Morgan fingerprint density at radius 1 is 1.78 bits per heavy atom. The van der Waals surface area contributed by atoms with E-state index in [4.69, 9.17) is 0 Å². The van der Waals surface area contributed by atoms with Gasteiger partial charge in [0.05, 0.1) is 5.70 Å². The molecule has 0 saturated carbocycles. The number of carbonyl (C=O) groups excluding carboxylic acids is 1. The molecular weight excluding hydrogens is 114 g/mol. The quantitative estimate of drug-likeness (QED) is 0.450. The molecule has 0 bridgehead atoms. The van der Waals surface area contributed by atoms with Crippen LogP contribution < -0.4 is 5.32 Å². The first-order chi connectivity index (χ1) is 4.16. The molecule has 9 heavy (non-hydrogen) atoms. The average molecular weight is 127 g/mol. The average Bonchev–Trinajstić information content (AvgIpc) is 1.83. The van der Waals surface area contributed by atoms with Crippen LogP contribution in [0.2, 0.25) is 0 Å². The molecule has 1 N–H and O–H groups in total. The first-order valence-electron chi connectivity index (χ1n) is 3.04. The number of rotatable bonds is 4. The van der Waals surface area contributed by atoms with Gasteiger partial charge in [-0.1, -0.05) is 20.4 Å². The molecule has 0 unspecified atom stereocenters. The summed E-state index contributed by atoms with van der Waals surface area (Å²) in [5, 5.41) is 2.87. The zero-order valence-electron chi connectivity index (χ0n) is 5.98. The molecule has 52 valence electrons. The molecule has 0 heterocycles. The van der Waals surface area contributed by atoms with Crippen molar-refractivity contribution in [2.45, 2.75) is 13.8 Å². The Bertz CT molecular complexity index is 107. The summed E-state index contributed by atoms with van der Waals surface area (Å²) in [6.45, 7) is 8.43. The van der Waals surface area contributed by atoms with E-state index in [0.29, 0.717) is 11.6 Å². The SMILES string of the molecule is C=C(C=O)NCC(C)C. The van der Waals surface area contributed by atoms with Gasteiger partial charge < -0.3 is 5.32 Å².